The highest BCUT2D eigenvalue weighted by Crippen LogP contribution is 2.38. The number of carbonyl (C=O) groups is 1. The number of hydrogen-bond acceptors (Lipinski definition) is 4. The monoisotopic (exact) mass is 504 g/mol. The molecule has 3 heterocycles. The molecule has 2 N–H and O–H groups in total. The van der Waals surface area contributed by atoms with Crippen LogP contribution in [0.15, 0.2) is 30.3 Å². The van der Waals surface area contributed by atoms with Crippen molar-refractivity contribution in [2.24, 2.45) is 0 Å². The molecule has 6 heteroatoms. The molecule has 200 valence electrons. The fraction of sp³-hybridized carbons (Fsp3) is 0.548. The molecular formula is C31H44N4O2. The first-order chi connectivity index (χ1) is 17.8. The van der Waals surface area contributed by atoms with Crippen LogP contribution in [0, 0.1) is 13.8 Å². The number of aromatic amines is 1. The van der Waals surface area contributed by atoms with Gasteiger partial charge in [-0.1, -0.05) is 33.3 Å². The van der Waals surface area contributed by atoms with E-state index in [4.69, 9.17) is 0 Å². The lowest BCUT2D eigenvalue weighted by Crippen LogP contribution is -2.44. The van der Waals surface area contributed by atoms with Crippen molar-refractivity contribution < 1.29 is 9.90 Å². The number of nitrogens with one attached hydrogen (secondary N) is 1. The van der Waals surface area contributed by atoms with Crippen LogP contribution in [0.25, 0.3) is 22.2 Å². The van der Waals surface area contributed by atoms with Crippen molar-refractivity contribution in [2.75, 3.05) is 39.3 Å². The van der Waals surface area contributed by atoms with Crippen LogP contribution in [0.1, 0.15) is 80.8 Å². The number of rotatable bonds is 10. The number of H-pyrrole nitrogens is 1. The third-order valence-corrected chi connectivity index (χ3v) is 7.73. The molecule has 2 aromatic heterocycles. The molecule has 0 aliphatic carbocycles. The summed E-state index contributed by atoms with van der Waals surface area (Å²) < 4.78 is 0. The fourth-order valence-electron chi connectivity index (χ4n) is 5.84. The van der Waals surface area contributed by atoms with E-state index in [0.29, 0.717) is 24.9 Å². The van der Waals surface area contributed by atoms with Crippen LogP contribution in [0.2, 0.25) is 0 Å². The molecule has 3 aromatic rings. The van der Waals surface area contributed by atoms with E-state index in [2.05, 4.69) is 79.8 Å². The van der Waals surface area contributed by atoms with Crippen molar-refractivity contribution >= 4 is 16.8 Å². The van der Waals surface area contributed by atoms with Crippen LogP contribution < -0.4 is 0 Å². The van der Waals surface area contributed by atoms with Gasteiger partial charge in [-0.05, 0) is 86.9 Å². The number of aryl methyl sites for hydroxylation is 2. The summed E-state index contributed by atoms with van der Waals surface area (Å²) in [5.41, 5.74) is 8.40. The molecular weight excluding hydrogens is 460 g/mol. The Labute approximate surface area is 222 Å². The van der Waals surface area contributed by atoms with Gasteiger partial charge in [-0.25, -0.2) is 0 Å². The highest BCUT2D eigenvalue weighted by molar-refractivity contribution is 5.92. The Morgan fingerprint density at radius 1 is 1.14 bits per heavy atom. The lowest BCUT2D eigenvalue weighted by molar-refractivity contribution is -0.133. The van der Waals surface area contributed by atoms with Crippen molar-refractivity contribution in [1.82, 2.24) is 19.8 Å². The summed E-state index contributed by atoms with van der Waals surface area (Å²) in [4.78, 5) is 25.3. The minimum atomic E-state index is 0.0984. The number of fused-ring (bicyclic) bond motifs is 1. The highest BCUT2D eigenvalue weighted by Gasteiger charge is 2.26. The molecule has 6 nitrogen and oxygen atoms in total. The van der Waals surface area contributed by atoms with Gasteiger partial charge in [0.2, 0.25) is 5.91 Å². The predicted molar refractivity (Wildman–Crippen MR) is 152 cm³/mol. The quantitative estimate of drug-likeness (QED) is 0.368. The summed E-state index contributed by atoms with van der Waals surface area (Å²) in [6.07, 6.45) is 4.12. The molecule has 0 saturated carbocycles. The van der Waals surface area contributed by atoms with Crippen molar-refractivity contribution in [1.29, 1.82) is 0 Å². The zero-order chi connectivity index (χ0) is 26.5. The largest absolute Gasteiger partial charge is 0.395 e. The molecule has 0 spiro atoms. The first-order valence-electron chi connectivity index (χ1n) is 14.0. The number of aliphatic hydroxyl groups excluding tert-OH is 1. The minimum absolute atomic E-state index is 0.0984. The van der Waals surface area contributed by atoms with Crippen LogP contribution in [-0.2, 0) is 4.79 Å². The van der Waals surface area contributed by atoms with Crippen LogP contribution in [0.4, 0.5) is 0 Å². The second-order valence-corrected chi connectivity index (χ2v) is 11.0. The number of unbranched alkanes of at least 4 members (excludes halogenated alkanes) is 1. The smallest absolute Gasteiger partial charge is 0.236 e. The Bertz CT molecular complexity index is 1190. The van der Waals surface area contributed by atoms with Gasteiger partial charge in [-0.2, -0.15) is 0 Å². The summed E-state index contributed by atoms with van der Waals surface area (Å²) in [6.45, 7) is 14.3. The summed E-state index contributed by atoms with van der Waals surface area (Å²) in [5.74, 6) is 1.05. The SMILES string of the molecule is CCCCN(CCO)CC(=O)N1CCC(c2ccc3[nH]c(-c4cc(C)nc(C)c4)c(C(C)C)c3c2)CC1. The predicted octanol–water partition coefficient (Wildman–Crippen LogP) is 5.77. The topological polar surface area (TPSA) is 72.5 Å². The van der Waals surface area contributed by atoms with Gasteiger partial charge in [0.15, 0.2) is 0 Å². The average molecular weight is 505 g/mol. The Kier molecular flexibility index (Phi) is 9.04. The average Bonchev–Trinajstić information content (AvgIpc) is 3.26. The standard InChI is InChI=1S/C31H44N4O2/c1-6-7-12-34(15-16-36)20-29(37)35-13-10-24(11-14-35)25-8-9-28-27(19-25)30(21(2)3)31(33-28)26-17-22(4)32-23(5)18-26/h8-9,17-19,21,24,33,36H,6-7,10-16,20H2,1-5H3. The Morgan fingerprint density at radius 3 is 2.46 bits per heavy atom. The van der Waals surface area contributed by atoms with Gasteiger partial charge < -0.3 is 15.0 Å². The van der Waals surface area contributed by atoms with E-state index in [1.807, 2.05) is 4.90 Å². The Morgan fingerprint density at radius 2 is 1.84 bits per heavy atom. The normalized spacial score (nSPS) is 14.9. The second kappa shape index (κ2) is 12.2. The molecule has 1 saturated heterocycles. The van der Waals surface area contributed by atoms with E-state index >= 15 is 0 Å². The number of piperidine rings is 1. The molecule has 1 aliphatic rings. The van der Waals surface area contributed by atoms with E-state index < -0.39 is 0 Å². The molecule has 0 unspecified atom stereocenters. The number of carbonyl (C=O) groups excluding carboxylic acids is 1. The zero-order valence-electron chi connectivity index (χ0n) is 23.3. The number of benzene rings is 1. The third-order valence-electron chi connectivity index (χ3n) is 7.73. The first-order valence-corrected chi connectivity index (χ1v) is 14.0. The van der Waals surface area contributed by atoms with Crippen LogP contribution >= 0.6 is 0 Å². The lowest BCUT2D eigenvalue weighted by atomic mass is 9.87. The van der Waals surface area contributed by atoms with E-state index in [0.717, 1.165) is 56.7 Å². The van der Waals surface area contributed by atoms with Crippen LogP contribution in [0.5, 0.6) is 0 Å². The van der Waals surface area contributed by atoms with E-state index in [-0.39, 0.29) is 12.5 Å². The van der Waals surface area contributed by atoms with Crippen LogP contribution in [0.3, 0.4) is 0 Å². The highest BCUT2D eigenvalue weighted by atomic mass is 16.3. The van der Waals surface area contributed by atoms with Crippen molar-refractivity contribution in [2.45, 2.75) is 72.1 Å². The Hall–Kier alpha value is -2.70. The third kappa shape index (κ3) is 6.42. The summed E-state index contributed by atoms with van der Waals surface area (Å²) in [6, 6.07) is 11.2. The minimum Gasteiger partial charge on any atom is -0.395 e. The van der Waals surface area contributed by atoms with Gasteiger partial charge in [0, 0.05) is 47.5 Å². The van der Waals surface area contributed by atoms with Crippen molar-refractivity contribution in [3.8, 4) is 11.3 Å². The van der Waals surface area contributed by atoms with E-state index in [1.165, 1.54) is 33.3 Å². The lowest BCUT2D eigenvalue weighted by Gasteiger charge is -2.34. The van der Waals surface area contributed by atoms with Gasteiger partial charge in [0.05, 0.1) is 18.8 Å². The van der Waals surface area contributed by atoms with Gasteiger partial charge in [0.25, 0.3) is 0 Å². The number of aromatic nitrogens is 2. The van der Waals surface area contributed by atoms with Gasteiger partial charge in [-0.3, -0.25) is 14.7 Å². The molecule has 4 rings (SSSR count). The summed E-state index contributed by atoms with van der Waals surface area (Å²) in [5, 5.41) is 10.7. The molecule has 0 atom stereocenters. The fourth-order valence-corrected chi connectivity index (χ4v) is 5.84. The number of nitrogens with zero attached hydrogens (tertiary/aromatic N) is 3. The first kappa shape index (κ1) is 27.3. The molecule has 1 aromatic carbocycles. The molecule has 1 amide bonds. The molecule has 1 fully saturated rings. The van der Waals surface area contributed by atoms with E-state index in [9.17, 15) is 9.90 Å². The van der Waals surface area contributed by atoms with Crippen LogP contribution in [-0.4, -0.2) is 70.1 Å². The summed E-state index contributed by atoms with van der Waals surface area (Å²) >= 11 is 0. The van der Waals surface area contributed by atoms with Gasteiger partial charge in [0.1, 0.15) is 0 Å². The molecule has 0 bridgehead atoms. The van der Waals surface area contributed by atoms with Crippen molar-refractivity contribution in [3.63, 3.8) is 0 Å². The molecule has 1 aliphatic heterocycles. The Balaban J connectivity index is 1.50. The molecule has 37 heavy (non-hydrogen) atoms. The molecule has 0 radical (unpaired) electrons. The number of hydrogen-bond donors (Lipinski definition) is 2. The number of aliphatic hydroxyl groups is 1. The second-order valence-electron chi connectivity index (χ2n) is 11.0. The van der Waals surface area contributed by atoms with Gasteiger partial charge in [-0.15, -0.1) is 0 Å². The maximum absolute atomic E-state index is 13.0. The number of amides is 1. The van der Waals surface area contributed by atoms with Gasteiger partial charge >= 0.3 is 0 Å². The maximum Gasteiger partial charge on any atom is 0.236 e. The number of pyridine rings is 1. The van der Waals surface area contributed by atoms with E-state index in [1.54, 1.807) is 0 Å². The van der Waals surface area contributed by atoms with Crippen molar-refractivity contribution in [3.05, 3.63) is 52.8 Å². The summed E-state index contributed by atoms with van der Waals surface area (Å²) in [7, 11) is 0. The number of likely N-dealkylation sites (tertiary alicyclic amines) is 1. The zero-order valence-corrected chi connectivity index (χ0v) is 23.3. The maximum atomic E-state index is 13.0.